The van der Waals surface area contributed by atoms with Gasteiger partial charge in [0.15, 0.2) is 0 Å². The molecule has 178 valence electrons. The van der Waals surface area contributed by atoms with Crippen molar-refractivity contribution in [3.8, 4) is 0 Å². The molecule has 7 heteroatoms. The molecule has 1 heterocycles. The lowest BCUT2D eigenvalue weighted by molar-refractivity contribution is -0.129. The lowest BCUT2D eigenvalue weighted by Crippen LogP contribution is -2.57. The molecule has 3 unspecified atom stereocenters. The van der Waals surface area contributed by atoms with Crippen LogP contribution < -0.4 is 4.72 Å². The SMILES string of the molecule is CNS(=O)(=O)c1cccc(C2(OC)C3CCC2CN(CC2(O)CCc4ccccc4C2)C3)c1. The molecule has 3 atom stereocenters. The van der Waals surface area contributed by atoms with Crippen LogP contribution in [-0.4, -0.2) is 57.8 Å². The minimum atomic E-state index is -3.52. The third-order valence-corrected chi connectivity index (χ3v) is 9.66. The predicted octanol–water partition coefficient (Wildman–Crippen LogP) is 2.70. The molecule has 0 radical (unpaired) electrons. The summed E-state index contributed by atoms with van der Waals surface area (Å²) in [6, 6.07) is 15.7. The van der Waals surface area contributed by atoms with Crippen LogP contribution in [0.2, 0.25) is 0 Å². The molecule has 2 aliphatic carbocycles. The predicted molar refractivity (Wildman–Crippen MR) is 127 cm³/mol. The standard InChI is InChI=1S/C26H34N2O4S/c1-27-33(30,31)24-9-5-8-21(14-24)26(32-2)22-10-11-23(26)17-28(16-22)18-25(29)13-12-19-6-3-4-7-20(19)15-25/h3-9,14,22-23,27,29H,10-13,15-18H2,1-2H3. The summed E-state index contributed by atoms with van der Waals surface area (Å²) in [5.41, 5.74) is 2.37. The number of hydrogen-bond donors (Lipinski definition) is 2. The van der Waals surface area contributed by atoms with Crippen LogP contribution in [0.25, 0.3) is 0 Å². The van der Waals surface area contributed by atoms with Crippen LogP contribution in [0.3, 0.4) is 0 Å². The zero-order valence-electron chi connectivity index (χ0n) is 19.5. The molecule has 1 saturated carbocycles. The average molecular weight is 471 g/mol. The first kappa shape index (κ1) is 23.0. The molecule has 33 heavy (non-hydrogen) atoms. The van der Waals surface area contributed by atoms with Gasteiger partial charge < -0.3 is 9.84 Å². The van der Waals surface area contributed by atoms with E-state index in [9.17, 15) is 13.5 Å². The molecule has 0 aromatic heterocycles. The van der Waals surface area contributed by atoms with E-state index in [4.69, 9.17) is 4.74 Å². The zero-order valence-corrected chi connectivity index (χ0v) is 20.3. The van der Waals surface area contributed by atoms with Gasteiger partial charge in [-0.1, -0.05) is 36.4 Å². The first-order valence-electron chi connectivity index (χ1n) is 11.9. The van der Waals surface area contributed by atoms with E-state index in [0.717, 1.165) is 44.3 Å². The number of benzene rings is 2. The smallest absolute Gasteiger partial charge is 0.240 e. The van der Waals surface area contributed by atoms with Crippen LogP contribution in [0.1, 0.15) is 36.0 Å². The van der Waals surface area contributed by atoms with Crippen molar-refractivity contribution < 1.29 is 18.3 Å². The van der Waals surface area contributed by atoms with Gasteiger partial charge in [-0.05, 0) is 61.6 Å². The van der Waals surface area contributed by atoms with Crippen molar-refractivity contribution in [2.24, 2.45) is 11.8 Å². The third-order valence-electron chi connectivity index (χ3n) is 8.25. The quantitative estimate of drug-likeness (QED) is 0.679. The number of ether oxygens (including phenoxy) is 1. The zero-order chi connectivity index (χ0) is 23.3. The van der Waals surface area contributed by atoms with Crippen LogP contribution in [-0.2, 0) is 33.2 Å². The second-order valence-corrected chi connectivity index (χ2v) is 12.0. The van der Waals surface area contributed by atoms with E-state index in [1.54, 1.807) is 19.2 Å². The maximum absolute atomic E-state index is 12.4. The van der Waals surface area contributed by atoms with Crippen molar-refractivity contribution in [1.82, 2.24) is 9.62 Å². The number of nitrogens with zero attached hydrogens (tertiary/aromatic N) is 1. The second kappa shape index (κ2) is 8.47. The van der Waals surface area contributed by atoms with Crippen LogP contribution >= 0.6 is 0 Å². The van der Waals surface area contributed by atoms with E-state index in [-0.39, 0.29) is 16.7 Å². The number of nitrogens with one attached hydrogen (secondary N) is 1. The Labute approximate surface area is 197 Å². The maximum Gasteiger partial charge on any atom is 0.240 e. The number of sulfonamides is 1. The molecule has 1 aliphatic heterocycles. The molecular formula is C26H34N2O4S. The van der Waals surface area contributed by atoms with Crippen molar-refractivity contribution in [2.45, 2.75) is 48.2 Å². The van der Waals surface area contributed by atoms with Crippen molar-refractivity contribution in [1.29, 1.82) is 0 Å². The van der Waals surface area contributed by atoms with E-state index in [1.807, 2.05) is 12.1 Å². The summed E-state index contributed by atoms with van der Waals surface area (Å²) < 4.78 is 33.5. The number of hydrogen-bond acceptors (Lipinski definition) is 5. The number of piperidine rings is 1. The van der Waals surface area contributed by atoms with Crippen molar-refractivity contribution in [2.75, 3.05) is 33.8 Å². The minimum Gasteiger partial charge on any atom is -0.388 e. The molecule has 2 bridgehead atoms. The van der Waals surface area contributed by atoms with Gasteiger partial charge in [0.2, 0.25) is 10.0 Å². The van der Waals surface area contributed by atoms with E-state index >= 15 is 0 Å². The highest BCUT2D eigenvalue weighted by Crippen LogP contribution is 2.54. The fourth-order valence-electron chi connectivity index (χ4n) is 6.73. The summed E-state index contributed by atoms with van der Waals surface area (Å²) in [6.45, 7) is 2.36. The van der Waals surface area contributed by atoms with Gasteiger partial charge in [0.1, 0.15) is 5.60 Å². The Morgan fingerprint density at radius 1 is 1.09 bits per heavy atom. The van der Waals surface area contributed by atoms with Gasteiger partial charge in [0.25, 0.3) is 0 Å². The number of methoxy groups -OCH3 is 1. The molecule has 0 spiro atoms. The van der Waals surface area contributed by atoms with Gasteiger partial charge in [-0.25, -0.2) is 13.1 Å². The first-order chi connectivity index (χ1) is 15.8. The highest BCUT2D eigenvalue weighted by atomic mass is 32.2. The van der Waals surface area contributed by atoms with Crippen molar-refractivity contribution in [3.63, 3.8) is 0 Å². The Bertz CT molecular complexity index is 1120. The van der Waals surface area contributed by atoms with Crippen LogP contribution in [0.5, 0.6) is 0 Å². The van der Waals surface area contributed by atoms with Gasteiger partial charge >= 0.3 is 0 Å². The Hall–Kier alpha value is -1.77. The van der Waals surface area contributed by atoms with Gasteiger partial charge in [0.05, 0.1) is 10.5 Å². The third kappa shape index (κ3) is 3.94. The van der Waals surface area contributed by atoms with Crippen molar-refractivity contribution in [3.05, 3.63) is 65.2 Å². The largest absolute Gasteiger partial charge is 0.388 e. The van der Waals surface area contributed by atoms with Gasteiger partial charge in [-0.2, -0.15) is 0 Å². The Morgan fingerprint density at radius 3 is 2.45 bits per heavy atom. The minimum absolute atomic E-state index is 0.258. The summed E-state index contributed by atoms with van der Waals surface area (Å²) in [7, 11) is -0.329. The van der Waals surface area contributed by atoms with Crippen LogP contribution in [0.15, 0.2) is 53.4 Å². The Morgan fingerprint density at radius 2 is 1.79 bits per heavy atom. The van der Waals surface area contributed by atoms with Crippen LogP contribution in [0, 0.1) is 11.8 Å². The number of rotatable bonds is 6. The molecule has 2 N–H and O–H groups in total. The second-order valence-electron chi connectivity index (χ2n) is 10.1. The average Bonchev–Trinajstić information content (AvgIpc) is 3.02. The van der Waals surface area contributed by atoms with E-state index < -0.39 is 21.2 Å². The van der Waals surface area contributed by atoms with E-state index in [2.05, 4.69) is 33.9 Å². The number of likely N-dealkylation sites (tertiary alicyclic amines) is 1. The normalized spacial score (nSPS) is 32.0. The fraction of sp³-hybridized carbons (Fsp3) is 0.538. The van der Waals surface area contributed by atoms with E-state index in [0.29, 0.717) is 13.0 Å². The van der Waals surface area contributed by atoms with Gasteiger partial charge in [-0.3, -0.25) is 4.90 Å². The molecular weight excluding hydrogens is 436 g/mol. The molecule has 2 aromatic carbocycles. The van der Waals surface area contributed by atoms with E-state index in [1.165, 1.54) is 18.2 Å². The maximum atomic E-state index is 12.4. The van der Waals surface area contributed by atoms with Gasteiger partial charge in [0, 0.05) is 45.0 Å². The Kier molecular flexibility index (Phi) is 5.90. The van der Waals surface area contributed by atoms with Crippen LogP contribution in [0.4, 0.5) is 0 Å². The lowest BCUT2D eigenvalue weighted by Gasteiger charge is -2.49. The summed E-state index contributed by atoms with van der Waals surface area (Å²) in [6.07, 6.45) is 4.49. The lowest BCUT2D eigenvalue weighted by atomic mass is 9.74. The number of aryl methyl sites for hydroxylation is 1. The molecule has 5 rings (SSSR count). The summed E-state index contributed by atoms with van der Waals surface area (Å²) >= 11 is 0. The molecule has 2 aromatic rings. The highest BCUT2D eigenvalue weighted by Gasteiger charge is 2.56. The fourth-order valence-corrected chi connectivity index (χ4v) is 7.50. The highest BCUT2D eigenvalue weighted by molar-refractivity contribution is 7.89. The topological polar surface area (TPSA) is 78.9 Å². The molecule has 1 saturated heterocycles. The number of β-amino-alcohol motifs (C(OH)–C–C–N with tert-alkyl or cyclic N) is 1. The molecule has 0 amide bonds. The number of aliphatic hydroxyl groups is 1. The first-order valence-corrected chi connectivity index (χ1v) is 13.4. The van der Waals surface area contributed by atoms with Gasteiger partial charge in [-0.15, -0.1) is 0 Å². The summed E-state index contributed by atoms with van der Waals surface area (Å²) in [5.74, 6) is 0.515. The van der Waals surface area contributed by atoms with Crippen molar-refractivity contribution >= 4 is 10.0 Å². The number of fused-ring (bicyclic) bond motifs is 3. The molecule has 6 nitrogen and oxygen atoms in total. The summed E-state index contributed by atoms with van der Waals surface area (Å²) in [5, 5.41) is 11.5. The molecule has 3 aliphatic rings. The molecule has 2 fully saturated rings. The Balaban J connectivity index is 1.38. The monoisotopic (exact) mass is 470 g/mol. The summed E-state index contributed by atoms with van der Waals surface area (Å²) in [4.78, 5) is 2.69.